The molecular weight excluding hydrogens is 526 g/mol. The lowest BCUT2D eigenvalue weighted by Gasteiger charge is -2.15. The average molecular weight is 559 g/mol. The maximum Gasteiger partial charge on any atom is 0.305 e. The van der Waals surface area contributed by atoms with E-state index in [-0.39, 0.29) is 18.3 Å². The molecule has 1 aliphatic heterocycles. The second-order valence-electron chi connectivity index (χ2n) is 7.41. The number of nitrogens with zero attached hydrogens (tertiary/aromatic N) is 1. The summed E-state index contributed by atoms with van der Waals surface area (Å²) in [6, 6.07) is 3.79. The van der Waals surface area contributed by atoms with Crippen molar-refractivity contribution in [1.82, 2.24) is 4.90 Å². The Bertz CT molecular complexity index is 875. The monoisotopic (exact) mass is 557 g/mol. The molecule has 1 amide bonds. The van der Waals surface area contributed by atoms with Crippen molar-refractivity contribution in [2.45, 2.75) is 59.3 Å². The van der Waals surface area contributed by atoms with Crippen LogP contribution in [0.15, 0.2) is 21.5 Å². The Morgan fingerprint density at radius 2 is 1.91 bits per heavy atom. The summed E-state index contributed by atoms with van der Waals surface area (Å²) in [7, 11) is 0. The number of benzene rings is 1. The molecule has 0 N–H and O–H groups in total. The fraction of sp³-hybridized carbons (Fsp3) is 0.542. The van der Waals surface area contributed by atoms with Crippen LogP contribution in [0.1, 0.15) is 64.9 Å². The van der Waals surface area contributed by atoms with Crippen LogP contribution >= 0.6 is 39.9 Å². The van der Waals surface area contributed by atoms with E-state index < -0.39 is 0 Å². The third kappa shape index (κ3) is 8.61. The Kier molecular flexibility index (Phi) is 12.3. The van der Waals surface area contributed by atoms with Gasteiger partial charge in [-0.3, -0.25) is 14.5 Å². The van der Waals surface area contributed by atoms with E-state index in [1.54, 1.807) is 6.92 Å². The molecule has 2 rings (SSSR count). The van der Waals surface area contributed by atoms with Gasteiger partial charge in [-0.25, -0.2) is 0 Å². The topological polar surface area (TPSA) is 65.1 Å². The molecule has 1 fully saturated rings. The first-order valence-electron chi connectivity index (χ1n) is 11.4. The highest BCUT2D eigenvalue weighted by Crippen LogP contribution is 2.39. The summed E-state index contributed by atoms with van der Waals surface area (Å²) in [5.41, 5.74) is 0.815. The minimum Gasteiger partial charge on any atom is -0.490 e. The Morgan fingerprint density at radius 3 is 2.61 bits per heavy atom. The summed E-state index contributed by atoms with van der Waals surface area (Å²) in [5, 5.41) is 0. The summed E-state index contributed by atoms with van der Waals surface area (Å²) in [6.07, 6.45) is 7.08. The van der Waals surface area contributed by atoms with E-state index in [4.69, 9.17) is 26.4 Å². The summed E-state index contributed by atoms with van der Waals surface area (Å²) < 4.78 is 18.0. The first-order chi connectivity index (χ1) is 15.9. The lowest BCUT2D eigenvalue weighted by molar-refractivity contribution is -0.143. The zero-order chi connectivity index (χ0) is 24.2. The van der Waals surface area contributed by atoms with Crippen LogP contribution in [0, 0.1) is 0 Å². The molecule has 1 heterocycles. The van der Waals surface area contributed by atoms with Gasteiger partial charge in [-0.15, -0.1) is 0 Å². The molecule has 0 aliphatic carbocycles. The number of ether oxygens (including phenoxy) is 3. The maximum absolute atomic E-state index is 12.9. The number of unbranched alkanes of at least 4 members (excludes halogenated alkanes) is 3. The quantitative estimate of drug-likeness (QED) is 0.114. The fourth-order valence-corrected chi connectivity index (χ4v) is 5.12. The highest BCUT2D eigenvalue weighted by atomic mass is 79.9. The van der Waals surface area contributed by atoms with Crippen molar-refractivity contribution in [2.24, 2.45) is 0 Å². The number of carbonyl (C=O) groups is 2. The summed E-state index contributed by atoms with van der Waals surface area (Å²) in [4.78, 5) is 26.5. The molecule has 33 heavy (non-hydrogen) atoms. The highest BCUT2D eigenvalue weighted by molar-refractivity contribution is 9.10. The third-order valence-electron chi connectivity index (χ3n) is 4.82. The number of halogens is 1. The minimum atomic E-state index is -0.264. The molecule has 6 nitrogen and oxygen atoms in total. The Labute approximate surface area is 214 Å². The Morgan fingerprint density at radius 1 is 1.12 bits per heavy atom. The van der Waals surface area contributed by atoms with E-state index in [2.05, 4.69) is 22.9 Å². The van der Waals surface area contributed by atoms with Gasteiger partial charge in [-0.1, -0.05) is 50.2 Å². The molecule has 0 atom stereocenters. The largest absolute Gasteiger partial charge is 0.490 e. The number of carbonyl (C=O) groups excluding carboxylic acids is 2. The molecule has 0 aromatic heterocycles. The van der Waals surface area contributed by atoms with Crippen LogP contribution in [0.2, 0.25) is 0 Å². The second kappa shape index (κ2) is 14.6. The molecule has 1 aromatic carbocycles. The lowest BCUT2D eigenvalue weighted by atomic mass is 10.1. The SMILES string of the molecule is CCCCCCOc1c(Br)cc(/C=C2\SC(=S)N(CCCC(=O)OCC)C2=O)cc1OCC. The molecule has 0 bridgehead atoms. The fourth-order valence-electron chi connectivity index (χ4n) is 3.24. The number of thiocarbonyl (C=S) groups is 1. The molecule has 0 spiro atoms. The zero-order valence-corrected chi connectivity index (χ0v) is 22.7. The number of hydrogen-bond donors (Lipinski definition) is 0. The first-order valence-corrected chi connectivity index (χ1v) is 13.4. The van der Waals surface area contributed by atoms with Crippen molar-refractivity contribution in [3.05, 3.63) is 27.1 Å². The summed E-state index contributed by atoms with van der Waals surface area (Å²) >= 11 is 10.2. The van der Waals surface area contributed by atoms with Gasteiger partial charge >= 0.3 is 5.97 Å². The van der Waals surface area contributed by atoms with Gasteiger partial charge in [-0.05, 0) is 66.4 Å². The number of esters is 1. The zero-order valence-electron chi connectivity index (χ0n) is 19.5. The van der Waals surface area contributed by atoms with Crippen molar-refractivity contribution in [1.29, 1.82) is 0 Å². The van der Waals surface area contributed by atoms with Crippen LogP contribution in [0.5, 0.6) is 11.5 Å². The molecule has 0 unspecified atom stereocenters. The van der Waals surface area contributed by atoms with Crippen molar-refractivity contribution >= 4 is 62.2 Å². The lowest BCUT2D eigenvalue weighted by Crippen LogP contribution is -2.29. The van der Waals surface area contributed by atoms with E-state index in [0.717, 1.165) is 22.9 Å². The molecule has 182 valence electrons. The molecular formula is C24H32BrNO5S2. The number of rotatable bonds is 14. The van der Waals surface area contributed by atoms with Crippen molar-refractivity contribution in [2.75, 3.05) is 26.4 Å². The van der Waals surface area contributed by atoms with Gasteiger partial charge in [0.25, 0.3) is 5.91 Å². The first kappa shape index (κ1) is 27.7. The van der Waals surface area contributed by atoms with E-state index >= 15 is 0 Å². The predicted molar refractivity (Wildman–Crippen MR) is 141 cm³/mol. The van der Waals surface area contributed by atoms with Gasteiger partial charge < -0.3 is 14.2 Å². The van der Waals surface area contributed by atoms with E-state index in [1.165, 1.54) is 29.5 Å². The highest BCUT2D eigenvalue weighted by Gasteiger charge is 2.31. The van der Waals surface area contributed by atoms with E-state index in [0.29, 0.717) is 53.5 Å². The number of hydrogen-bond acceptors (Lipinski definition) is 7. The Hall–Kier alpha value is -1.58. The molecule has 1 aliphatic rings. The van der Waals surface area contributed by atoms with E-state index in [9.17, 15) is 9.59 Å². The summed E-state index contributed by atoms with van der Waals surface area (Å²) in [6.45, 7) is 7.75. The van der Waals surface area contributed by atoms with Crippen LogP contribution in [-0.4, -0.2) is 47.5 Å². The Balaban J connectivity index is 2.09. The van der Waals surface area contributed by atoms with E-state index in [1.807, 2.05) is 25.1 Å². The number of amides is 1. The van der Waals surface area contributed by atoms with Crippen LogP contribution in [0.3, 0.4) is 0 Å². The number of thioether (sulfide) groups is 1. The van der Waals surface area contributed by atoms with Gasteiger partial charge in [0.05, 0.1) is 29.2 Å². The molecule has 0 radical (unpaired) electrons. The second-order valence-corrected chi connectivity index (χ2v) is 9.94. The maximum atomic E-state index is 12.9. The van der Waals surface area contributed by atoms with Crippen LogP contribution < -0.4 is 9.47 Å². The normalized spacial score (nSPS) is 14.8. The predicted octanol–water partition coefficient (Wildman–Crippen LogP) is 6.35. The third-order valence-corrected chi connectivity index (χ3v) is 6.78. The van der Waals surface area contributed by atoms with Gasteiger partial charge in [0, 0.05) is 13.0 Å². The van der Waals surface area contributed by atoms with Gasteiger partial charge in [0.2, 0.25) is 0 Å². The molecule has 0 saturated carbocycles. The minimum absolute atomic E-state index is 0.154. The molecule has 9 heteroatoms. The van der Waals surface area contributed by atoms with Crippen molar-refractivity contribution in [3.63, 3.8) is 0 Å². The molecule has 1 saturated heterocycles. The average Bonchev–Trinajstić information content (AvgIpc) is 3.03. The van der Waals surface area contributed by atoms with Gasteiger partial charge in [0.1, 0.15) is 4.32 Å². The van der Waals surface area contributed by atoms with Crippen molar-refractivity contribution in [3.8, 4) is 11.5 Å². The molecule has 1 aromatic rings. The van der Waals surface area contributed by atoms with Crippen molar-refractivity contribution < 1.29 is 23.8 Å². The summed E-state index contributed by atoms with van der Waals surface area (Å²) in [5.74, 6) is 0.897. The standard InChI is InChI=1S/C24H32BrNO5S2/c1-4-7-8-9-13-31-22-18(25)14-17(15-19(22)29-5-2)16-20-23(28)26(24(32)33-20)12-10-11-21(27)30-6-3/h14-16H,4-13H2,1-3H3/b20-16-. The smallest absolute Gasteiger partial charge is 0.305 e. The van der Waals surface area contributed by atoms with Crippen LogP contribution in [-0.2, 0) is 14.3 Å². The van der Waals surface area contributed by atoms with Crippen LogP contribution in [0.4, 0.5) is 0 Å². The van der Waals surface area contributed by atoms with Gasteiger partial charge in [0.15, 0.2) is 11.5 Å². The van der Waals surface area contributed by atoms with Crippen LogP contribution in [0.25, 0.3) is 6.08 Å². The van der Waals surface area contributed by atoms with Gasteiger partial charge in [-0.2, -0.15) is 0 Å².